The molecule has 0 saturated carbocycles. The second kappa shape index (κ2) is 47.2. The van der Waals surface area contributed by atoms with E-state index in [-0.39, 0.29) is 99.5 Å². The first kappa shape index (κ1) is 89.0. The topological polar surface area (TPSA) is 142 Å². The van der Waals surface area contributed by atoms with Gasteiger partial charge in [-0.05, 0) is 222 Å². The number of halogens is 4. The van der Waals surface area contributed by atoms with Gasteiger partial charge in [-0.2, -0.15) is 0 Å². The van der Waals surface area contributed by atoms with Crippen LogP contribution in [0.3, 0.4) is 0 Å². The summed E-state index contributed by atoms with van der Waals surface area (Å²) in [6.45, 7) is 14.4. The molecule has 12 aromatic carbocycles. The van der Waals surface area contributed by atoms with E-state index in [1.165, 1.54) is 58.7 Å². The van der Waals surface area contributed by atoms with Crippen molar-refractivity contribution in [3.05, 3.63) is 340 Å². The monoisotopic (exact) mass is 1860 g/mol. The Hall–Kier alpha value is -8.96. The van der Waals surface area contributed by atoms with Gasteiger partial charge in [0.1, 0.15) is 42.3 Å². The van der Waals surface area contributed by atoms with Gasteiger partial charge < -0.3 is 37.9 Å². The average molecular weight is 1860 g/mol. The maximum atomic E-state index is 12.0. The molecule has 114 heavy (non-hydrogen) atoms. The molecule has 0 N–H and O–H groups in total. The normalized spacial score (nSPS) is 12.7. The Morgan fingerprint density at radius 3 is 0.754 bits per heavy atom. The van der Waals surface area contributed by atoms with Gasteiger partial charge in [0.15, 0.2) is 58.7 Å². The van der Waals surface area contributed by atoms with Crippen LogP contribution in [0.4, 0.5) is 0 Å². The maximum Gasteiger partial charge on any atom is 0.322 e. The van der Waals surface area contributed by atoms with E-state index in [1.807, 2.05) is 118 Å². The molecule has 0 bridgehead atoms. The molecule has 12 aromatic rings. The van der Waals surface area contributed by atoms with Crippen LogP contribution >= 0.6 is 63.7 Å². The third-order valence-corrected chi connectivity index (χ3v) is 26.7. The predicted octanol–water partition coefficient (Wildman–Crippen LogP) is 24.0. The summed E-state index contributed by atoms with van der Waals surface area (Å²) in [5.74, 6) is 1.36. The molecule has 0 heterocycles. The van der Waals surface area contributed by atoms with Gasteiger partial charge in [0.05, 0.1) is 43.6 Å². The van der Waals surface area contributed by atoms with Crippen LogP contribution in [0.25, 0.3) is 0 Å². The average Bonchev–Trinajstić information content (AvgIpc) is 0.839. The third-order valence-electron chi connectivity index (χ3n) is 16.3. The Balaban J connectivity index is 0.000000174. The van der Waals surface area contributed by atoms with Crippen LogP contribution in [-0.4, -0.2) is 68.8 Å². The molecular weight excluding hydrogens is 1770 g/mol. The van der Waals surface area contributed by atoms with Crippen LogP contribution in [-0.2, 0) is 81.7 Å². The minimum absolute atomic E-state index is 0.0307. The summed E-state index contributed by atoms with van der Waals surface area (Å²) in [6, 6.07) is 116. The number of hydrogen-bond donors (Lipinski definition) is 0. The minimum atomic E-state index is -0.653. The highest BCUT2D eigenvalue weighted by Gasteiger charge is 2.33. The summed E-state index contributed by atoms with van der Waals surface area (Å²) < 4.78 is 44.2. The molecule has 0 saturated heterocycles. The zero-order chi connectivity index (χ0) is 81.1. The molecule has 0 spiro atoms. The number of ether oxygens (including phenoxy) is 8. The molecule has 0 amide bonds. The number of esters is 4. The van der Waals surface area contributed by atoms with Crippen molar-refractivity contribution in [3.8, 4) is 23.0 Å². The fourth-order valence-electron chi connectivity index (χ4n) is 10.7. The lowest BCUT2D eigenvalue weighted by Gasteiger charge is -2.23. The Morgan fingerprint density at radius 1 is 0.272 bits per heavy atom. The summed E-state index contributed by atoms with van der Waals surface area (Å²) in [4.78, 5) is 60.3. The van der Waals surface area contributed by atoms with Crippen molar-refractivity contribution in [1.29, 1.82) is 0 Å². The molecule has 0 fully saturated rings. The van der Waals surface area contributed by atoms with Gasteiger partial charge in [-0.15, -0.1) is 0 Å². The van der Waals surface area contributed by atoms with E-state index >= 15 is 0 Å². The molecule has 588 valence electrons. The standard InChI is InChI=1S/C25H26BrO3S.C24H24BrO3S.C23H22BrO3S.C22H20BrO3S/c1-18(2)25(29-24(27)19(3)26)28-20-14-16-23(17-15-20)30(21-10-6-4-7-11-21)22-12-8-5-9-13-22;1-3-23(28-24(26)18(2)25)27-19-14-16-22(17-15-19)29(20-10-6-4-7-11-20)21-12-8-5-9-13-21;1-17(24)23(25)27-18(2)26-19-13-15-22(16-14-19)28(20-9-5-3-6-10-20)21-11-7-4-8-12-21;1-17(23)22(24)26-16-25-18-12-14-21(15-13-18)27(19-8-4-2-5-9-19)20-10-6-3-7-11-20/h4-19,25H,1-3H3;4-18,23H,3H2,1-2H3;3-18H,1-2H3;2-15,17H,16H2,1H3/q4*+1. The molecule has 0 aliphatic heterocycles. The molecule has 0 radical (unpaired) electrons. The van der Waals surface area contributed by atoms with Gasteiger partial charge in [0.25, 0.3) is 0 Å². The van der Waals surface area contributed by atoms with Crippen molar-refractivity contribution in [3.63, 3.8) is 0 Å². The zero-order valence-corrected chi connectivity index (χ0v) is 74.0. The molecule has 7 unspecified atom stereocenters. The predicted molar refractivity (Wildman–Crippen MR) is 473 cm³/mol. The molecule has 0 aromatic heterocycles. The summed E-state index contributed by atoms with van der Waals surface area (Å²) in [6.07, 6.45) is -1.31. The van der Waals surface area contributed by atoms with Gasteiger partial charge >= 0.3 is 23.9 Å². The van der Waals surface area contributed by atoms with Crippen molar-refractivity contribution in [2.45, 2.75) is 159 Å². The second-order valence-corrected chi connectivity index (χ2v) is 39.1. The smallest absolute Gasteiger partial charge is 0.322 e. The first-order chi connectivity index (χ1) is 55.2. The molecule has 0 aliphatic carbocycles. The van der Waals surface area contributed by atoms with E-state index in [9.17, 15) is 19.2 Å². The number of hydrogen-bond acceptors (Lipinski definition) is 12. The molecule has 12 nitrogen and oxygen atoms in total. The highest BCUT2D eigenvalue weighted by Crippen LogP contribution is 2.37. The van der Waals surface area contributed by atoms with E-state index in [1.54, 1.807) is 34.6 Å². The van der Waals surface area contributed by atoms with E-state index in [0.717, 1.165) is 0 Å². The molecule has 20 heteroatoms. The Kier molecular flexibility index (Phi) is 36.8. The highest BCUT2D eigenvalue weighted by atomic mass is 79.9. The first-order valence-corrected chi connectivity index (χ1v) is 45.5. The lowest BCUT2D eigenvalue weighted by atomic mass is 10.2. The van der Waals surface area contributed by atoms with E-state index < -0.39 is 18.9 Å². The fourth-order valence-corrected chi connectivity index (χ4v) is 19.5. The number of benzene rings is 12. The molecule has 0 aliphatic rings. The largest absolute Gasteiger partial charge is 0.457 e. The van der Waals surface area contributed by atoms with Crippen molar-refractivity contribution in [1.82, 2.24) is 0 Å². The van der Waals surface area contributed by atoms with Gasteiger partial charge in [0, 0.05) is 19.3 Å². The third kappa shape index (κ3) is 28.2. The summed E-state index contributed by atoms with van der Waals surface area (Å²) in [7, 11) is -0.794. The van der Waals surface area contributed by atoms with Crippen molar-refractivity contribution < 1.29 is 57.1 Å². The van der Waals surface area contributed by atoms with Crippen LogP contribution in [0.5, 0.6) is 23.0 Å². The summed E-state index contributed by atoms with van der Waals surface area (Å²) in [5.41, 5.74) is 0. The summed E-state index contributed by atoms with van der Waals surface area (Å²) >= 11 is 12.8. The van der Waals surface area contributed by atoms with Crippen LogP contribution in [0.15, 0.2) is 398 Å². The summed E-state index contributed by atoms with van der Waals surface area (Å²) in [5, 5.41) is 0. The number of carbonyl (C=O) groups excluding carboxylic acids is 4. The SMILES string of the molecule is CC(Br)C(=O)OC(Oc1ccc([S+](c2ccccc2)c2ccccc2)cc1)C(C)C.CC(Br)C(=O)OCOc1ccc([S+](c2ccccc2)c2ccccc2)cc1.CC(OC(=O)C(C)Br)Oc1ccc([S+](c2ccccc2)c2ccccc2)cc1.CCC(OC(=O)C(C)Br)Oc1ccc([S+](c2ccccc2)c2ccccc2)cc1. The fraction of sp³-hybridized carbons (Fsp3) is 0.191. The lowest BCUT2D eigenvalue weighted by molar-refractivity contribution is -0.168. The van der Waals surface area contributed by atoms with Gasteiger partial charge in [-0.3, -0.25) is 19.2 Å². The number of alkyl halides is 4. The van der Waals surface area contributed by atoms with E-state index in [0.29, 0.717) is 29.4 Å². The van der Waals surface area contributed by atoms with Crippen molar-refractivity contribution >= 4 is 131 Å². The van der Waals surface area contributed by atoms with Crippen molar-refractivity contribution in [2.75, 3.05) is 6.79 Å². The second-order valence-electron chi connectivity index (χ2n) is 25.5. The molecular formula is C94H92Br4O12S4+4. The van der Waals surface area contributed by atoms with Gasteiger partial charge in [0.2, 0.25) is 25.7 Å². The quantitative estimate of drug-likeness (QED) is 0.0139. The molecule has 12 rings (SSSR count). The van der Waals surface area contributed by atoms with E-state index in [2.05, 4.69) is 306 Å². The molecule has 7 atom stereocenters. The first-order valence-electron chi connectivity index (χ1n) is 37.0. The number of carbonyl (C=O) groups is 4. The maximum absolute atomic E-state index is 12.0. The van der Waals surface area contributed by atoms with Gasteiger partial charge in [-0.1, -0.05) is 230 Å². The lowest BCUT2D eigenvalue weighted by Crippen LogP contribution is -2.31. The van der Waals surface area contributed by atoms with Gasteiger partial charge in [-0.25, -0.2) is 0 Å². The number of rotatable bonds is 30. The Bertz CT molecular complexity index is 4630. The minimum Gasteiger partial charge on any atom is -0.457 e. The van der Waals surface area contributed by atoms with Crippen molar-refractivity contribution in [2.24, 2.45) is 5.92 Å². The van der Waals surface area contributed by atoms with E-state index in [4.69, 9.17) is 37.9 Å². The Morgan fingerprint density at radius 2 is 0.500 bits per heavy atom. The highest BCUT2D eigenvalue weighted by molar-refractivity contribution is 9.10. The van der Waals surface area contributed by atoms with Crippen LogP contribution in [0.1, 0.15) is 61.8 Å². The zero-order valence-electron chi connectivity index (χ0n) is 64.4. The Labute approximate surface area is 715 Å². The van der Waals surface area contributed by atoms with Crippen LogP contribution in [0.2, 0.25) is 0 Å². The van der Waals surface area contributed by atoms with Crippen LogP contribution in [0, 0.1) is 5.92 Å². The van der Waals surface area contributed by atoms with Crippen LogP contribution < -0.4 is 18.9 Å².